The number of hydrogen-bond acceptors (Lipinski definition) is 2. The molecular formula is C14H22O2. The number of phenolic OH excluding ortho intramolecular Hbond substituents is 2. The van der Waals surface area contributed by atoms with Gasteiger partial charge in [0.25, 0.3) is 0 Å². The summed E-state index contributed by atoms with van der Waals surface area (Å²) in [6.45, 7) is 4.37. The number of rotatable bonds is 6. The van der Waals surface area contributed by atoms with E-state index in [0.29, 0.717) is 5.92 Å². The van der Waals surface area contributed by atoms with Crippen molar-refractivity contribution in [3.8, 4) is 11.5 Å². The summed E-state index contributed by atoms with van der Waals surface area (Å²) in [5.74, 6) is 0.392. The molecule has 0 bridgehead atoms. The molecule has 0 saturated heterocycles. The van der Waals surface area contributed by atoms with Gasteiger partial charge in [-0.3, -0.25) is 0 Å². The van der Waals surface area contributed by atoms with Gasteiger partial charge in [-0.15, -0.1) is 0 Å². The molecule has 1 rings (SSSR count). The zero-order chi connectivity index (χ0) is 12.0. The van der Waals surface area contributed by atoms with E-state index in [9.17, 15) is 10.2 Å². The highest BCUT2D eigenvalue weighted by atomic mass is 16.3. The highest BCUT2D eigenvalue weighted by Crippen LogP contribution is 2.30. The Hall–Kier alpha value is -1.18. The first-order valence-electron chi connectivity index (χ1n) is 6.17. The first-order chi connectivity index (χ1) is 7.65. The quantitative estimate of drug-likeness (QED) is 0.560. The van der Waals surface area contributed by atoms with E-state index in [0.717, 1.165) is 12.0 Å². The molecule has 1 unspecified atom stereocenters. The molecule has 2 N–H and O–H groups in total. The van der Waals surface area contributed by atoms with Gasteiger partial charge in [0.2, 0.25) is 0 Å². The summed E-state index contributed by atoms with van der Waals surface area (Å²) in [6.07, 6.45) is 6.22. The summed E-state index contributed by atoms with van der Waals surface area (Å²) in [4.78, 5) is 0. The third-order valence-corrected chi connectivity index (χ3v) is 3.06. The summed E-state index contributed by atoms with van der Waals surface area (Å²) in [5.41, 5.74) is 1.10. The van der Waals surface area contributed by atoms with Crippen molar-refractivity contribution in [3.63, 3.8) is 0 Å². The smallest absolute Gasteiger partial charge is 0.157 e. The van der Waals surface area contributed by atoms with E-state index in [4.69, 9.17) is 0 Å². The Bertz CT molecular complexity index is 321. The SMILES string of the molecule is CCCCCCC(C)c1ccc(O)c(O)c1. The molecule has 0 saturated carbocycles. The average Bonchev–Trinajstić information content (AvgIpc) is 2.28. The fraction of sp³-hybridized carbons (Fsp3) is 0.571. The van der Waals surface area contributed by atoms with Gasteiger partial charge in [0, 0.05) is 0 Å². The summed E-state index contributed by atoms with van der Waals surface area (Å²) in [5, 5.41) is 18.6. The second-order valence-corrected chi connectivity index (χ2v) is 4.50. The molecule has 1 aromatic carbocycles. The maximum absolute atomic E-state index is 9.41. The average molecular weight is 222 g/mol. The van der Waals surface area contributed by atoms with Gasteiger partial charge in [-0.25, -0.2) is 0 Å². The van der Waals surface area contributed by atoms with Crippen molar-refractivity contribution in [2.24, 2.45) is 0 Å². The van der Waals surface area contributed by atoms with Crippen LogP contribution < -0.4 is 0 Å². The van der Waals surface area contributed by atoms with Crippen molar-refractivity contribution in [1.29, 1.82) is 0 Å². The summed E-state index contributed by atoms with van der Waals surface area (Å²) in [7, 11) is 0. The summed E-state index contributed by atoms with van der Waals surface area (Å²) < 4.78 is 0. The molecule has 0 amide bonds. The van der Waals surface area contributed by atoms with Crippen molar-refractivity contribution >= 4 is 0 Å². The molecule has 0 heterocycles. The van der Waals surface area contributed by atoms with Crippen molar-refractivity contribution in [2.45, 2.75) is 51.9 Å². The van der Waals surface area contributed by atoms with Crippen molar-refractivity contribution in [3.05, 3.63) is 23.8 Å². The Morgan fingerprint density at radius 1 is 1.06 bits per heavy atom. The zero-order valence-electron chi connectivity index (χ0n) is 10.2. The van der Waals surface area contributed by atoms with Gasteiger partial charge in [-0.2, -0.15) is 0 Å². The minimum absolute atomic E-state index is 0.0158. The monoisotopic (exact) mass is 222 g/mol. The van der Waals surface area contributed by atoms with E-state index in [1.807, 2.05) is 6.07 Å². The lowest BCUT2D eigenvalue weighted by atomic mass is 9.94. The van der Waals surface area contributed by atoms with Crippen LogP contribution in [0.5, 0.6) is 11.5 Å². The Morgan fingerprint density at radius 3 is 2.44 bits per heavy atom. The fourth-order valence-electron chi connectivity index (χ4n) is 1.89. The second kappa shape index (κ2) is 6.41. The molecule has 0 aliphatic rings. The Balaban J connectivity index is 2.46. The van der Waals surface area contributed by atoms with Gasteiger partial charge >= 0.3 is 0 Å². The highest BCUT2D eigenvalue weighted by Gasteiger charge is 2.07. The molecule has 1 atom stereocenters. The molecule has 2 nitrogen and oxygen atoms in total. The lowest BCUT2D eigenvalue weighted by Gasteiger charge is -2.12. The Kier molecular flexibility index (Phi) is 5.17. The van der Waals surface area contributed by atoms with E-state index in [2.05, 4.69) is 13.8 Å². The van der Waals surface area contributed by atoms with Gasteiger partial charge < -0.3 is 10.2 Å². The van der Waals surface area contributed by atoms with Crippen LogP contribution in [-0.4, -0.2) is 10.2 Å². The summed E-state index contributed by atoms with van der Waals surface area (Å²) in [6, 6.07) is 5.12. The van der Waals surface area contributed by atoms with E-state index >= 15 is 0 Å². The third-order valence-electron chi connectivity index (χ3n) is 3.06. The predicted molar refractivity (Wildman–Crippen MR) is 66.9 cm³/mol. The van der Waals surface area contributed by atoms with Gasteiger partial charge in [-0.05, 0) is 30.0 Å². The van der Waals surface area contributed by atoms with Crippen molar-refractivity contribution in [2.75, 3.05) is 0 Å². The maximum atomic E-state index is 9.41. The maximum Gasteiger partial charge on any atom is 0.157 e. The Morgan fingerprint density at radius 2 is 1.81 bits per heavy atom. The third kappa shape index (κ3) is 3.76. The standard InChI is InChI=1S/C14H22O2/c1-3-4-5-6-7-11(2)12-8-9-13(15)14(16)10-12/h8-11,15-16H,3-7H2,1-2H3. The second-order valence-electron chi connectivity index (χ2n) is 4.50. The molecule has 90 valence electrons. The molecule has 0 aromatic heterocycles. The fourth-order valence-corrected chi connectivity index (χ4v) is 1.89. The molecule has 1 aromatic rings. The van der Waals surface area contributed by atoms with E-state index < -0.39 is 0 Å². The van der Waals surface area contributed by atoms with Crippen LogP contribution in [0.25, 0.3) is 0 Å². The number of benzene rings is 1. The molecule has 0 aliphatic carbocycles. The van der Waals surface area contributed by atoms with Gasteiger partial charge in [0.1, 0.15) is 0 Å². The molecular weight excluding hydrogens is 200 g/mol. The zero-order valence-corrected chi connectivity index (χ0v) is 10.2. The van der Waals surface area contributed by atoms with Crippen molar-refractivity contribution < 1.29 is 10.2 Å². The van der Waals surface area contributed by atoms with Crippen LogP contribution >= 0.6 is 0 Å². The number of unbranched alkanes of at least 4 members (excludes halogenated alkanes) is 3. The van der Waals surface area contributed by atoms with Gasteiger partial charge in [0.15, 0.2) is 11.5 Å². The lowest BCUT2D eigenvalue weighted by molar-refractivity contribution is 0.402. The topological polar surface area (TPSA) is 40.5 Å². The number of phenols is 2. The van der Waals surface area contributed by atoms with E-state index in [1.54, 1.807) is 12.1 Å². The van der Waals surface area contributed by atoms with Gasteiger partial charge in [-0.1, -0.05) is 45.6 Å². The molecule has 2 heteroatoms. The van der Waals surface area contributed by atoms with Crippen LogP contribution in [0.1, 0.15) is 57.4 Å². The van der Waals surface area contributed by atoms with Crippen LogP contribution in [0, 0.1) is 0 Å². The van der Waals surface area contributed by atoms with Crippen LogP contribution in [0.4, 0.5) is 0 Å². The molecule has 0 aliphatic heterocycles. The number of hydrogen-bond donors (Lipinski definition) is 2. The van der Waals surface area contributed by atoms with Crippen LogP contribution in [0.3, 0.4) is 0 Å². The van der Waals surface area contributed by atoms with Crippen LogP contribution in [0.15, 0.2) is 18.2 Å². The first-order valence-corrected chi connectivity index (χ1v) is 6.17. The minimum Gasteiger partial charge on any atom is -0.504 e. The summed E-state index contributed by atoms with van der Waals surface area (Å²) >= 11 is 0. The minimum atomic E-state index is -0.0399. The Labute approximate surface area is 97.9 Å². The molecule has 0 radical (unpaired) electrons. The first kappa shape index (κ1) is 12.9. The number of aromatic hydroxyl groups is 2. The van der Waals surface area contributed by atoms with E-state index in [-0.39, 0.29) is 11.5 Å². The highest BCUT2D eigenvalue weighted by molar-refractivity contribution is 5.41. The van der Waals surface area contributed by atoms with Crippen molar-refractivity contribution in [1.82, 2.24) is 0 Å². The largest absolute Gasteiger partial charge is 0.504 e. The molecule has 0 spiro atoms. The molecule has 0 fully saturated rings. The van der Waals surface area contributed by atoms with Crippen LogP contribution in [-0.2, 0) is 0 Å². The van der Waals surface area contributed by atoms with Gasteiger partial charge in [0.05, 0.1) is 0 Å². The normalized spacial score (nSPS) is 12.6. The van der Waals surface area contributed by atoms with E-state index in [1.165, 1.54) is 25.7 Å². The molecule has 16 heavy (non-hydrogen) atoms. The predicted octanol–water partition coefficient (Wildman–Crippen LogP) is 4.17. The van der Waals surface area contributed by atoms with Crippen LogP contribution in [0.2, 0.25) is 0 Å². The lowest BCUT2D eigenvalue weighted by Crippen LogP contribution is -1.93.